The molecule has 0 atom stereocenters. The Labute approximate surface area is 206 Å². The molecule has 0 aromatic heterocycles. The monoisotopic (exact) mass is 476 g/mol. The van der Waals surface area contributed by atoms with Gasteiger partial charge in [-0.3, -0.25) is 5.41 Å². The van der Waals surface area contributed by atoms with Gasteiger partial charge in [-0.05, 0) is 79.9 Å². The van der Waals surface area contributed by atoms with E-state index in [2.05, 4.69) is 12.1 Å². The molecule has 0 fully saturated rings. The fourth-order valence-electron chi connectivity index (χ4n) is 3.61. The predicted molar refractivity (Wildman–Crippen MR) is 137 cm³/mol. The van der Waals surface area contributed by atoms with Gasteiger partial charge in [0.05, 0.1) is 20.8 Å². The smallest absolute Gasteiger partial charge is 0.213 e. The van der Waals surface area contributed by atoms with Crippen molar-refractivity contribution in [3.8, 4) is 23.0 Å². The molecule has 0 radical (unpaired) electrons. The lowest BCUT2D eigenvalue weighted by atomic mass is 10.1. The predicted octanol–water partition coefficient (Wildman–Crippen LogP) is 5.92. The van der Waals surface area contributed by atoms with Crippen molar-refractivity contribution < 1.29 is 23.7 Å². The zero-order chi connectivity index (χ0) is 25.4. The van der Waals surface area contributed by atoms with Crippen LogP contribution in [-0.2, 0) is 18.0 Å². The second-order valence-corrected chi connectivity index (χ2v) is 8.02. The molecule has 3 aromatic rings. The van der Waals surface area contributed by atoms with Gasteiger partial charge in [0.25, 0.3) is 0 Å². The second-order valence-electron chi connectivity index (χ2n) is 8.02. The van der Waals surface area contributed by atoms with Gasteiger partial charge in [0.15, 0.2) is 23.0 Å². The van der Waals surface area contributed by atoms with Crippen molar-refractivity contribution in [2.45, 2.75) is 34.0 Å². The number of ether oxygens (including phenoxy) is 5. The van der Waals surface area contributed by atoms with Crippen LogP contribution in [0.5, 0.6) is 23.0 Å². The van der Waals surface area contributed by atoms with Crippen LogP contribution in [0.2, 0.25) is 0 Å². The number of rotatable bonds is 11. The fraction of sp³-hybridized carbons (Fsp3) is 0.286. The normalized spacial score (nSPS) is 10.4. The van der Waals surface area contributed by atoms with Gasteiger partial charge in [-0.1, -0.05) is 17.7 Å². The van der Waals surface area contributed by atoms with Crippen LogP contribution in [0.1, 0.15) is 41.7 Å². The third-order valence-electron chi connectivity index (χ3n) is 5.30. The van der Waals surface area contributed by atoms with E-state index in [-0.39, 0.29) is 5.90 Å². The van der Waals surface area contributed by atoms with E-state index in [0.717, 1.165) is 22.3 Å². The summed E-state index contributed by atoms with van der Waals surface area (Å²) in [6.45, 7) is 6.76. The molecule has 0 heterocycles. The number of hydrogen-bond donors (Lipinski definition) is 2. The van der Waals surface area contributed by atoms with Crippen LogP contribution in [0.4, 0.5) is 0 Å². The Hall–Kier alpha value is -4.00. The van der Waals surface area contributed by atoms with Gasteiger partial charge in [-0.2, -0.15) is 0 Å². The molecule has 0 aliphatic carbocycles. The average molecular weight is 477 g/mol. The first-order valence-electron chi connectivity index (χ1n) is 11.3. The van der Waals surface area contributed by atoms with Crippen molar-refractivity contribution >= 4 is 11.6 Å². The van der Waals surface area contributed by atoms with E-state index in [1.165, 1.54) is 0 Å². The van der Waals surface area contributed by atoms with Crippen molar-refractivity contribution in [1.29, 1.82) is 10.8 Å². The summed E-state index contributed by atoms with van der Waals surface area (Å²) in [4.78, 5) is 0. The Kier molecular flexibility index (Phi) is 8.73. The van der Waals surface area contributed by atoms with Crippen molar-refractivity contribution in [1.82, 2.24) is 0 Å². The molecule has 2 N–H and O–H groups in total. The van der Waals surface area contributed by atoms with Crippen LogP contribution in [0.3, 0.4) is 0 Å². The molecule has 35 heavy (non-hydrogen) atoms. The van der Waals surface area contributed by atoms with Crippen molar-refractivity contribution in [3.05, 3.63) is 82.4 Å². The molecule has 0 amide bonds. The molecule has 0 spiro atoms. The maximum Gasteiger partial charge on any atom is 0.213 e. The second kappa shape index (κ2) is 11.9. The van der Waals surface area contributed by atoms with E-state index in [1.807, 2.05) is 38.1 Å². The first-order chi connectivity index (χ1) is 16.8. The lowest BCUT2D eigenvalue weighted by Gasteiger charge is -2.15. The zero-order valence-electron chi connectivity index (χ0n) is 20.9. The Balaban J connectivity index is 1.70. The number of methoxy groups -OCH3 is 2. The van der Waals surface area contributed by atoms with E-state index in [9.17, 15) is 0 Å². The summed E-state index contributed by atoms with van der Waals surface area (Å²) in [6.07, 6.45) is 0. The van der Waals surface area contributed by atoms with Gasteiger partial charge < -0.3 is 29.1 Å². The molecule has 3 aromatic carbocycles. The highest BCUT2D eigenvalue weighted by atomic mass is 16.5. The SMILES string of the molecule is CCOC(=N)c1ccc(OCc2cc(C)cc(COc3ccc(C(C)=N)cc3OC)c2)c(OC)c1. The molecule has 0 bridgehead atoms. The quantitative estimate of drug-likeness (QED) is 0.265. The van der Waals surface area contributed by atoms with Crippen LogP contribution < -0.4 is 18.9 Å². The van der Waals surface area contributed by atoms with Crippen LogP contribution >= 0.6 is 0 Å². The zero-order valence-corrected chi connectivity index (χ0v) is 20.9. The minimum Gasteiger partial charge on any atom is -0.493 e. The molecule has 0 unspecified atom stereocenters. The van der Waals surface area contributed by atoms with Crippen molar-refractivity contribution in [3.63, 3.8) is 0 Å². The highest BCUT2D eigenvalue weighted by Gasteiger charge is 2.11. The number of aryl methyl sites for hydroxylation is 1. The Morgan fingerprint density at radius 1 is 0.714 bits per heavy atom. The molecular formula is C28H32N2O5. The summed E-state index contributed by atoms with van der Waals surface area (Å²) >= 11 is 0. The topological polar surface area (TPSA) is 93.9 Å². The summed E-state index contributed by atoms with van der Waals surface area (Å²) in [5.41, 5.74) is 4.99. The van der Waals surface area contributed by atoms with Gasteiger partial charge in [0, 0.05) is 11.3 Å². The minimum atomic E-state index is 0.0971. The van der Waals surface area contributed by atoms with Crippen LogP contribution in [-0.4, -0.2) is 32.4 Å². The van der Waals surface area contributed by atoms with E-state index in [0.29, 0.717) is 54.1 Å². The molecule has 0 aliphatic rings. The van der Waals surface area contributed by atoms with Crippen LogP contribution in [0, 0.1) is 17.7 Å². The van der Waals surface area contributed by atoms with Gasteiger partial charge in [0.2, 0.25) is 5.90 Å². The standard InChI is InChI=1S/C28H32N2O5/c1-6-33-28(30)23-8-10-25(27(15-23)32-5)35-17-21-12-18(2)11-20(13-21)16-34-24-9-7-22(19(3)29)14-26(24)31-4/h7-15,29-30H,6,16-17H2,1-5H3. The Morgan fingerprint density at radius 2 is 1.23 bits per heavy atom. The maximum atomic E-state index is 7.96. The van der Waals surface area contributed by atoms with Gasteiger partial charge >= 0.3 is 0 Å². The van der Waals surface area contributed by atoms with E-state index in [4.69, 9.17) is 34.5 Å². The van der Waals surface area contributed by atoms with Crippen molar-refractivity contribution in [2.24, 2.45) is 0 Å². The number of benzene rings is 3. The molecule has 0 saturated carbocycles. The molecule has 0 saturated heterocycles. The van der Waals surface area contributed by atoms with Gasteiger partial charge in [-0.25, -0.2) is 0 Å². The molecule has 184 valence electrons. The minimum absolute atomic E-state index is 0.0971. The molecule has 3 rings (SSSR count). The number of hydrogen-bond acceptors (Lipinski definition) is 7. The summed E-state index contributed by atoms with van der Waals surface area (Å²) in [6, 6.07) is 17.0. The largest absolute Gasteiger partial charge is 0.493 e. The number of nitrogens with one attached hydrogen (secondary N) is 2. The summed E-state index contributed by atoms with van der Waals surface area (Å²) in [5.74, 6) is 2.45. The summed E-state index contributed by atoms with van der Waals surface area (Å²) < 4.78 is 28.2. The first kappa shape index (κ1) is 25.6. The first-order valence-corrected chi connectivity index (χ1v) is 11.3. The molecule has 7 nitrogen and oxygen atoms in total. The molecule has 7 heteroatoms. The average Bonchev–Trinajstić information content (AvgIpc) is 2.85. The lowest BCUT2D eigenvalue weighted by molar-refractivity contribution is 0.279. The Bertz CT molecular complexity index is 1210. The van der Waals surface area contributed by atoms with Gasteiger partial charge in [-0.15, -0.1) is 0 Å². The Morgan fingerprint density at radius 3 is 1.71 bits per heavy atom. The fourth-order valence-corrected chi connectivity index (χ4v) is 3.61. The summed E-state index contributed by atoms with van der Waals surface area (Å²) in [5, 5.41) is 15.8. The highest BCUT2D eigenvalue weighted by molar-refractivity contribution is 5.96. The van der Waals surface area contributed by atoms with E-state index < -0.39 is 0 Å². The lowest BCUT2D eigenvalue weighted by Crippen LogP contribution is -2.06. The third-order valence-corrected chi connectivity index (χ3v) is 5.30. The van der Waals surface area contributed by atoms with Crippen LogP contribution in [0.25, 0.3) is 0 Å². The molecular weight excluding hydrogens is 444 g/mol. The van der Waals surface area contributed by atoms with E-state index >= 15 is 0 Å². The van der Waals surface area contributed by atoms with Gasteiger partial charge in [0.1, 0.15) is 13.2 Å². The maximum absolute atomic E-state index is 7.96. The summed E-state index contributed by atoms with van der Waals surface area (Å²) in [7, 11) is 3.16. The third kappa shape index (κ3) is 6.76. The molecule has 0 aliphatic heterocycles. The highest BCUT2D eigenvalue weighted by Crippen LogP contribution is 2.31. The van der Waals surface area contributed by atoms with E-state index in [1.54, 1.807) is 39.3 Å². The van der Waals surface area contributed by atoms with Crippen molar-refractivity contribution in [2.75, 3.05) is 20.8 Å². The van der Waals surface area contributed by atoms with Crippen LogP contribution in [0.15, 0.2) is 54.6 Å².